The van der Waals surface area contributed by atoms with Crippen LogP contribution in [-0.2, 0) is 0 Å². The first kappa shape index (κ1) is 19.7. The second-order valence-electron chi connectivity index (χ2n) is 5.44. The van der Waals surface area contributed by atoms with E-state index in [0.717, 1.165) is 21.5 Å². The molecule has 1 heterocycles. The van der Waals surface area contributed by atoms with E-state index in [0.29, 0.717) is 12.1 Å². The summed E-state index contributed by atoms with van der Waals surface area (Å²) in [5.41, 5.74) is 9.16. The highest BCUT2D eigenvalue weighted by atomic mass is 79.9. The summed E-state index contributed by atoms with van der Waals surface area (Å²) < 4.78 is 2.86. The molecule has 0 aliphatic carbocycles. The van der Waals surface area contributed by atoms with Crippen molar-refractivity contribution in [3.05, 3.63) is 45.7 Å². The number of carbonyl (C=O) groups is 1. The van der Waals surface area contributed by atoms with Crippen molar-refractivity contribution in [2.24, 2.45) is 5.73 Å². The molecule has 0 bridgehead atoms. The Morgan fingerprint density at radius 3 is 2.35 bits per heavy atom. The van der Waals surface area contributed by atoms with Crippen LogP contribution in [0.25, 0.3) is 5.69 Å². The fourth-order valence-corrected chi connectivity index (χ4v) is 2.43. The number of nitrogens with zero attached hydrogens (tertiary/aromatic N) is 3. The first-order valence-electron chi connectivity index (χ1n) is 7.16. The van der Waals surface area contributed by atoms with E-state index in [1.807, 2.05) is 49.7 Å². The predicted molar refractivity (Wildman–Crippen MR) is 98.6 cm³/mol. The molecule has 2 N–H and O–H groups in total. The van der Waals surface area contributed by atoms with Gasteiger partial charge in [-0.05, 0) is 61.0 Å². The molecule has 0 fully saturated rings. The summed E-state index contributed by atoms with van der Waals surface area (Å²) in [5.74, 6) is -0.0287. The molecule has 7 heteroatoms. The van der Waals surface area contributed by atoms with Gasteiger partial charge in [0.25, 0.3) is 5.91 Å². The number of likely N-dealkylation sites (N-methyl/N-ethyl adjacent to an activating group) is 1. The molecular weight excluding hydrogens is 380 g/mol. The minimum Gasteiger partial charge on any atom is -0.338 e. The summed E-state index contributed by atoms with van der Waals surface area (Å²) in [4.78, 5) is 14.0. The smallest absolute Gasteiger partial charge is 0.253 e. The predicted octanol–water partition coefficient (Wildman–Crippen LogP) is 3.09. The van der Waals surface area contributed by atoms with Gasteiger partial charge in [0, 0.05) is 25.2 Å². The van der Waals surface area contributed by atoms with Crippen molar-refractivity contribution in [1.29, 1.82) is 0 Å². The fourth-order valence-electron chi connectivity index (χ4n) is 2.18. The number of nitrogens with two attached hydrogens (primary N) is 1. The van der Waals surface area contributed by atoms with Gasteiger partial charge >= 0.3 is 0 Å². The molecule has 0 saturated carbocycles. The zero-order valence-corrected chi connectivity index (χ0v) is 16.1. The summed E-state index contributed by atoms with van der Waals surface area (Å²) in [6.07, 6.45) is 0. The molecule has 0 saturated heterocycles. The lowest BCUT2D eigenvalue weighted by atomic mass is 10.1. The number of hydrogen-bond acceptors (Lipinski definition) is 3. The van der Waals surface area contributed by atoms with Gasteiger partial charge in [-0.2, -0.15) is 5.10 Å². The third-order valence-corrected chi connectivity index (χ3v) is 5.03. The van der Waals surface area contributed by atoms with E-state index in [9.17, 15) is 4.79 Å². The lowest BCUT2D eigenvalue weighted by Gasteiger charge is -2.23. The quantitative estimate of drug-likeness (QED) is 0.856. The molecular formula is C16H22BrClN4O. The topological polar surface area (TPSA) is 64.2 Å². The van der Waals surface area contributed by atoms with Gasteiger partial charge in [-0.15, -0.1) is 12.4 Å². The third kappa shape index (κ3) is 3.94. The van der Waals surface area contributed by atoms with Gasteiger partial charge in [0.05, 0.1) is 21.5 Å². The average molecular weight is 402 g/mol. The van der Waals surface area contributed by atoms with Crippen molar-refractivity contribution in [2.45, 2.75) is 26.8 Å². The molecule has 126 valence electrons. The lowest BCUT2D eigenvalue weighted by molar-refractivity contribution is 0.0748. The van der Waals surface area contributed by atoms with Gasteiger partial charge in [0.15, 0.2) is 0 Å². The average Bonchev–Trinajstić information content (AvgIpc) is 2.80. The van der Waals surface area contributed by atoms with E-state index in [4.69, 9.17) is 5.73 Å². The van der Waals surface area contributed by atoms with Crippen LogP contribution in [0.1, 0.15) is 28.7 Å². The van der Waals surface area contributed by atoms with Crippen molar-refractivity contribution in [1.82, 2.24) is 14.7 Å². The standard InChI is InChI=1S/C16H21BrN4O.ClH/c1-10(9-18)20(4)16(22)13-5-7-14(8-6-13)21-12(3)15(17)11(2)19-21;/h5-8,10H,9,18H2,1-4H3;1H. The second kappa shape index (κ2) is 7.95. The minimum atomic E-state index is -0.0287. The molecule has 0 radical (unpaired) electrons. The summed E-state index contributed by atoms with van der Waals surface area (Å²) in [7, 11) is 1.77. The molecule has 1 atom stereocenters. The van der Waals surface area contributed by atoms with Crippen LogP contribution in [0.5, 0.6) is 0 Å². The fraction of sp³-hybridized carbons (Fsp3) is 0.375. The maximum atomic E-state index is 12.4. The Kier molecular flexibility index (Phi) is 6.80. The highest BCUT2D eigenvalue weighted by molar-refractivity contribution is 9.10. The van der Waals surface area contributed by atoms with Crippen molar-refractivity contribution in [3.63, 3.8) is 0 Å². The monoisotopic (exact) mass is 400 g/mol. The zero-order valence-electron chi connectivity index (χ0n) is 13.7. The van der Waals surface area contributed by atoms with Gasteiger partial charge in [0.2, 0.25) is 0 Å². The molecule has 1 unspecified atom stereocenters. The highest BCUT2D eigenvalue weighted by Gasteiger charge is 2.17. The Morgan fingerprint density at radius 2 is 1.91 bits per heavy atom. The maximum absolute atomic E-state index is 12.4. The van der Waals surface area contributed by atoms with Crippen molar-refractivity contribution >= 4 is 34.2 Å². The van der Waals surface area contributed by atoms with Crippen LogP contribution in [0.4, 0.5) is 0 Å². The van der Waals surface area contributed by atoms with Crippen LogP contribution in [0.2, 0.25) is 0 Å². The summed E-state index contributed by atoms with van der Waals surface area (Å²) in [5, 5.41) is 4.49. The molecule has 5 nitrogen and oxygen atoms in total. The van der Waals surface area contributed by atoms with E-state index in [1.165, 1.54) is 0 Å². The normalized spacial score (nSPS) is 11.7. The first-order chi connectivity index (χ1) is 10.4. The summed E-state index contributed by atoms with van der Waals surface area (Å²) in [6, 6.07) is 7.46. The second-order valence-corrected chi connectivity index (χ2v) is 6.24. The van der Waals surface area contributed by atoms with E-state index in [-0.39, 0.29) is 24.4 Å². The molecule has 1 aromatic heterocycles. The molecule has 23 heavy (non-hydrogen) atoms. The number of aryl methyl sites for hydroxylation is 1. The van der Waals surface area contributed by atoms with Crippen molar-refractivity contribution in [3.8, 4) is 5.69 Å². The number of hydrogen-bond donors (Lipinski definition) is 1. The van der Waals surface area contributed by atoms with Crippen LogP contribution >= 0.6 is 28.3 Å². The number of rotatable bonds is 4. The third-order valence-electron chi connectivity index (χ3n) is 3.88. The lowest BCUT2D eigenvalue weighted by Crippen LogP contribution is -2.39. The molecule has 0 aliphatic heterocycles. The van der Waals surface area contributed by atoms with E-state index in [1.54, 1.807) is 11.9 Å². The zero-order chi connectivity index (χ0) is 16.4. The molecule has 2 aromatic rings. The highest BCUT2D eigenvalue weighted by Crippen LogP contribution is 2.23. The Bertz CT molecular complexity index is 684. The number of carbonyl (C=O) groups excluding carboxylic acids is 1. The SMILES string of the molecule is Cc1nn(-c2ccc(C(=O)N(C)C(C)CN)cc2)c(C)c1Br.Cl. The van der Waals surface area contributed by atoms with Crippen LogP contribution in [0.15, 0.2) is 28.7 Å². The Balaban J connectivity index is 0.00000264. The molecule has 0 aliphatic rings. The Hall–Kier alpha value is -1.37. The summed E-state index contributed by atoms with van der Waals surface area (Å²) >= 11 is 3.52. The molecule has 2 rings (SSSR count). The van der Waals surface area contributed by atoms with Gasteiger partial charge in [-0.25, -0.2) is 4.68 Å². The number of halogens is 2. The molecule has 1 amide bonds. The number of amides is 1. The first-order valence-corrected chi connectivity index (χ1v) is 7.95. The van der Waals surface area contributed by atoms with E-state index >= 15 is 0 Å². The largest absolute Gasteiger partial charge is 0.338 e. The van der Waals surface area contributed by atoms with Crippen LogP contribution < -0.4 is 5.73 Å². The van der Waals surface area contributed by atoms with Gasteiger partial charge < -0.3 is 10.6 Å². The van der Waals surface area contributed by atoms with Gasteiger partial charge in [-0.1, -0.05) is 0 Å². The van der Waals surface area contributed by atoms with Crippen LogP contribution in [-0.4, -0.2) is 40.2 Å². The van der Waals surface area contributed by atoms with Crippen molar-refractivity contribution in [2.75, 3.05) is 13.6 Å². The van der Waals surface area contributed by atoms with E-state index < -0.39 is 0 Å². The van der Waals surface area contributed by atoms with Crippen LogP contribution in [0.3, 0.4) is 0 Å². The maximum Gasteiger partial charge on any atom is 0.253 e. The minimum absolute atomic E-state index is 0. The van der Waals surface area contributed by atoms with Gasteiger partial charge in [0.1, 0.15) is 0 Å². The Morgan fingerprint density at radius 1 is 1.35 bits per heavy atom. The van der Waals surface area contributed by atoms with Crippen LogP contribution in [0, 0.1) is 13.8 Å². The molecule has 1 aromatic carbocycles. The van der Waals surface area contributed by atoms with E-state index in [2.05, 4.69) is 21.0 Å². The van der Waals surface area contributed by atoms with Gasteiger partial charge in [-0.3, -0.25) is 4.79 Å². The number of benzene rings is 1. The van der Waals surface area contributed by atoms with Crippen molar-refractivity contribution < 1.29 is 4.79 Å². The Labute approximate surface area is 151 Å². The number of aromatic nitrogens is 2. The summed E-state index contributed by atoms with van der Waals surface area (Å²) in [6.45, 7) is 6.33. The molecule has 0 spiro atoms.